The smallest absolute Gasteiger partial charge is 0.410 e. The van der Waals surface area contributed by atoms with Crippen LogP contribution in [0.25, 0.3) is 0 Å². The summed E-state index contributed by atoms with van der Waals surface area (Å²) in [6.07, 6.45) is 9.90. The zero-order chi connectivity index (χ0) is 16.2. The van der Waals surface area contributed by atoms with Gasteiger partial charge in [-0.2, -0.15) is 0 Å². The van der Waals surface area contributed by atoms with Gasteiger partial charge in [-0.15, -0.1) is 0 Å². The van der Waals surface area contributed by atoms with E-state index in [2.05, 4.69) is 0 Å². The summed E-state index contributed by atoms with van der Waals surface area (Å²) in [5.41, 5.74) is 6.04. The highest BCUT2D eigenvalue weighted by Gasteiger charge is 2.34. The minimum atomic E-state index is -0.405. The fourth-order valence-electron chi connectivity index (χ4n) is 3.98. The van der Waals surface area contributed by atoms with Crippen LogP contribution < -0.4 is 5.73 Å². The Labute approximate surface area is 135 Å². The SMILES string of the molecule is CC(C)(C)OC(=O)N1CCCC(CCC2(CN)CCCC2)C1. The summed E-state index contributed by atoms with van der Waals surface area (Å²) >= 11 is 0. The predicted octanol–water partition coefficient (Wildman–Crippen LogP) is 3.93. The van der Waals surface area contributed by atoms with Gasteiger partial charge in [-0.05, 0) is 77.2 Å². The van der Waals surface area contributed by atoms with E-state index >= 15 is 0 Å². The number of carbonyl (C=O) groups excluding carboxylic acids is 1. The topological polar surface area (TPSA) is 55.6 Å². The summed E-state index contributed by atoms with van der Waals surface area (Å²) in [5, 5.41) is 0. The second-order valence-corrected chi connectivity index (χ2v) is 8.38. The molecule has 1 saturated carbocycles. The number of hydrogen-bond donors (Lipinski definition) is 1. The Bertz CT molecular complexity index is 370. The summed E-state index contributed by atoms with van der Waals surface area (Å²) in [5.74, 6) is 0.616. The van der Waals surface area contributed by atoms with Gasteiger partial charge in [0, 0.05) is 13.1 Å². The van der Waals surface area contributed by atoms with Crippen LogP contribution in [-0.2, 0) is 4.74 Å². The molecule has 22 heavy (non-hydrogen) atoms. The van der Waals surface area contributed by atoms with E-state index < -0.39 is 5.60 Å². The minimum Gasteiger partial charge on any atom is -0.444 e. The number of nitrogens with zero attached hydrogens (tertiary/aromatic N) is 1. The highest BCUT2D eigenvalue weighted by Crippen LogP contribution is 2.42. The van der Waals surface area contributed by atoms with Crippen molar-refractivity contribution in [2.75, 3.05) is 19.6 Å². The molecular formula is C18H34N2O2. The van der Waals surface area contributed by atoms with Crippen molar-refractivity contribution in [3.8, 4) is 0 Å². The highest BCUT2D eigenvalue weighted by atomic mass is 16.6. The number of nitrogens with two attached hydrogens (primary N) is 1. The first-order chi connectivity index (χ1) is 10.3. The van der Waals surface area contributed by atoms with Gasteiger partial charge in [0.2, 0.25) is 0 Å². The molecule has 1 saturated heterocycles. The van der Waals surface area contributed by atoms with Crippen LogP contribution in [0, 0.1) is 11.3 Å². The van der Waals surface area contributed by atoms with Crippen molar-refractivity contribution in [2.24, 2.45) is 17.1 Å². The van der Waals surface area contributed by atoms with Gasteiger partial charge in [-0.3, -0.25) is 0 Å². The second kappa shape index (κ2) is 7.20. The Balaban J connectivity index is 1.81. The van der Waals surface area contributed by atoms with E-state index in [1.54, 1.807) is 0 Å². The maximum atomic E-state index is 12.2. The average molecular weight is 310 g/mol. The first-order valence-electron chi connectivity index (χ1n) is 9.02. The molecule has 2 N–H and O–H groups in total. The Hall–Kier alpha value is -0.770. The van der Waals surface area contributed by atoms with Gasteiger partial charge in [0.05, 0.1) is 0 Å². The van der Waals surface area contributed by atoms with E-state index in [0.717, 1.165) is 26.1 Å². The summed E-state index contributed by atoms with van der Waals surface area (Å²) < 4.78 is 5.51. The highest BCUT2D eigenvalue weighted by molar-refractivity contribution is 5.68. The monoisotopic (exact) mass is 310 g/mol. The number of amides is 1. The van der Waals surface area contributed by atoms with E-state index in [0.29, 0.717) is 11.3 Å². The third-order valence-electron chi connectivity index (χ3n) is 5.35. The molecule has 1 atom stereocenters. The largest absolute Gasteiger partial charge is 0.444 e. The Kier molecular flexibility index (Phi) is 5.76. The molecule has 1 unspecified atom stereocenters. The Morgan fingerprint density at radius 2 is 1.95 bits per heavy atom. The number of hydrogen-bond acceptors (Lipinski definition) is 3. The van der Waals surface area contributed by atoms with Gasteiger partial charge in [-0.1, -0.05) is 12.8 Å². The van der Waals surface area contributed by atoms with Gasteiger partial charge >= 0.3 is 6.09 Å². The first kappa shape index (κ1) is 17.6. The quantitative estimate of drug-likeness (QED) is 0.856. The molecular weight excluding hydrogens is 276 g/mol. The van der Waals surface area contributed by atoms with Crippen molar-refractivity contribution in [2.45, 2.75) is 77.7 Å². The number of rotatable bonds is 4. The summed E-state index contributed by atoms with van der Waals surface area (Å²) in [6.45, 7) is 8.31. The minimum absolute atomic E-state index is 0.147. The molecule has 4 nitrogen and oxygen atoms in total. The molecule has 1 amide bonds. The maximum Gasteiger partial charge on any atom is 0.410 e. The fourth-order valence-corrected chi connectivity index (χ4v) is 3.98. The maximum absolute atomic E-state index is 12.2. The van der Waals surface area contributed by atoms with Crippen molar-refractivity contribution >= 4 is 6.09 Å². The lowest BCUT2D eigenvalue weighted by molar-refractivity contribution is 0.0154. The van der Waals surface area contributed by atoms with E-state index in [-0.39, 0.29) is 6.09 Å². The van der Waals surface area contributed by atoms with Crippen molar-refractivity contribution in [1.29, 1.82) is 0 Å². The number of piperidine rings is 1. The molecule has 1 heterocycles. The van der Waals surface area contributed by atoms with Gasteiger partial charge in [0.25, 0.3) is 0 Å². The number of carbonyl (C=O) groups is 1. The van der Waals surface area contributed by atoms with Crippen LogP contribution >= 0.6 is 0 Å². The molecule has 0 radical (unpaired) electrons. The van der Waals surface area contributed by atoms with Crippen molar-refractivity contribution in [3.63, 3.8) is 0 Å². The third kappa shape index (κ3) is 4.87. The van der Waals surface area contributed by atoms with Crippen molar-refractivity contribution < 1.29 is 9.53 Å². The molecule has 0 aromatic carbocycles. The summed E-state index contributed by atoms with van der Waals surface area (Å²) in [4.78, 5) is 14.1. The number of likely N-dealkylation sites (tertiary alicyclic amines) is 1. The van der Waals surface area contributed by atoms with E-state index in [1.165, 1.54) is 44.9 Å². The van der Waals surface area contributed by atoms with Crippen LogP contribution in [0.5, 0.6) is 0 Å². The summed E-state index contributed by atoms with van der Waals surface area (Å²) in [6, 6.07) is 0. The lowest BCUT2D eigenvalue weighted by atomic mass is 9.78. The molecule has 1 aliphatic heterocycles. The zero-order valence-electron chi connectivity index (χ0n) is 14.7. The van der Waals surface area contributed by atoms with Crippen molar-refractivity contribution in [1.82, 2.24) is 4.90 Å². The molecule has 0 aromatic rings. The summed E-state index contributed by atoms with van der Waals surface area (Å²) in [7, 11) is 0. The standard InChI is InChI=1S/C18H34N2O2/c1-17(2,3)22-16(21)20-12-6-7-15(13-20)8-11-18(14-19)9-4-5-10-18/h15H,4-14,19H2,1-3H3. The fraction of sp³-hybridized carbons (Fsp3) is 0.944. The normalized spacial score (nSPS) is 25.3. The van der Waals surface area contributed by atoms with Gasteiger partial charge in [0.1, 0.15) is 5.60 Å². The van der Waals surface area contributed by atoms with Crippen LogP contribution in [-0.4, -0.2) is 36.2 Å². The van der Waals surface area contributed by atoms with E-state index in [9.17, 15) is 4.79 Å². The van der Waals surface area contributed by atoms with Crippen LogP contribution in [0.2, 0.25) is 0 Å². The lowest BCUT2D eigenvalue weighted by Crippen LogP contribution is -2.43. The van der Waals surface area contributed by atoms with Crippen LogP contribution in [0.4, 0.5) is 4.79 Å². The first-order valence-corrected chi connectivity index (χ1v) is 9.02. The van der Waals surface area contributed by atoms with Gasteiger partial charge in [0.15, 0.2) is 0 Å². The van der Waals surface area contributed by atoms with Crippen molar-refractivity contribution in [3.05, 3.63) is 0 Å². The molecule has 1 aliphatic carbocycles. The molecule has 2 fully saturated rings. The van der Waals surface area contributed by atoms with E-state index in [4.69, 9.17) is 10.5 Å². The molecule has 0 bridgehead atoms. The molecule has 2 rings (SSSR count). The van der Waals surface area contributed by atoms with Gasteiger partial charge in [-0.25, -0.2) is 4.79 Å². The van der Waals surface area contributed by atoms with Crippen LogP contribution in [0.1, 0.15) is 72.1 Å². The molecule has 0 spiro atoms. The van der Waals surface area contributed by atoms with Crippen LogP contribution in [0.3, 0.4) is 0 Å². The third-order valence-corrected chi connectivity index (χ3v) is 5.35. The predicted molar refractivity (Wildman–Crippen MR) is 89.7 cm³/mol. The van der Waals surface area contributed by atoms with Gasteiger partial charge < -0.3 is 15.4 Å². The molecule has 2 aliphatic rings. The second-order valence-electron chi connectivity index (χ2n) is 8.38. The molecule has 0 aromatic heterocycles. The van der Waals surface area contributed by atoms with Crippen LogP contribution in [0.15, 0.2) is 0 Å². The molecule has 128 valence electrons. The average Bonchev–Trinajstić information content (AvgIpc) is 2.93. The zero-order valence-corrected chi connectivity index (χ0v) is 14.7. The number of ether oxygens (including phenoxy) is 1. The van der Waals surface area contributed by atoms with E-state index in [1.807, 2.05) is 25.7 Å². The lowest BCUT2D eigenvalue weighted by Gasteiger charge is -2.36. The Morgan fingerprint density at radius 1 is 1.27 bits per heavy atom. The molecule has 4 heteroatoms. The Morgan fingerprint density at radius 3 is 2.55 bits per heavy atom.